The first-order chi connectivity index (χ1) is 16.5. The predicted octanol–water partition coefficient (Wildman–Crippen LogP) is 4.67. The molecule has 34 heavy (non-hydrogen) atoms. The lowest BCUT2D eigenvalue weighted by atomic mass is 9.94. The van der Waals surface area contributed by atoms with Crippen molar-refractivity contribution in [3.8, 4) is 28.6 Å². The molecule has 1 aliphatic heterocycles. The number of benzene rings is 2. The van der Waals surface area contributed by atoms with E-state index in [0.717, 1.165) is 28.1 Å². The molecule has 0 radical (unpaired) electrons. The summed E-state index contributed by atoms with van der Waals surface area (Å²) in [6.45, 7) is 6.83. The average molecular weight is 465 g/mol. The fourth-order valence-corrected chi connectivity index (χ4v) is 4.04. The van der Waals surface area contributed by atoms with Crippen LogP contribution in [-0.4, -0.2) is 48.4 Å². The van der Waals surface area contributed by atoms with Crippen LogP contribution >= 0.6 is 0 Å². The van der Waals surface area contributed by atoms with Gasteiger partial charge in [0.15, 0.2) is 11.5 Å². The highest BCUT2D eigenvalue weighted by molar-refractivity contribution is 5.86. The van der Waals surface area contributed by atoms with E-state index in [-0.39, 0.29) is 6.03 Å². The number of urea groups is 1. The summed E-state index contributed by atoms with van der Waals surface area (Å²) in [5.41, 5.74) is 3.10. The van der Waals surface area contributed by atoms with Gasteiger partial charge in [0.1, 0.15) is 5.75 Å². The highest BCUT2D eigenvalue weighted by Gasteiger charge is 2.35. The van der Waals surface area contributed by atoms with Crippen LogP contribution in [0.5, 0.6) is 17.2 Å². The van der Waals surface area contributed by atoms with Crippen molar-refractivity contribution < 1.29 is 23.5 Å². The Bertz CT molecular complexity index is 1200. The van der Waals surface area contributed by atoms with E-state index in [0.29, 0.717) is 36.4 Å². The van der Waals surface area contributed by atoms with Crippen LogP contribution in [0.2, 0.25) is 0 Å². The molecule has 9 nitrogen and oxygen atoms in total. The molecule has 1 unspecified atom stereocenters. The van der Waals surface area contributed by atoms with Crippen LogP contribution in [0.4, 0.5) is 4.79 Å². The number of nitrogens with one attached hydrogen (secondary N) is 1. The molecule has 0 bridgehead atoms. The van der Waals surface area contributed by atoms with Crippen LogP contribution in [0.25, 0.3) is 17.0 Å². The zero-order chi connectivity index (χ0) is 24.2. The Morgan fingerprint density at radius 1 is 1.06 bits per heavy atom. The molecule has 0 fully saturated rings. The maximum atomic E-state index is 12.8. The lowest BCUT2D eigenvalue weighted by Gasteiger charge is -2.34. The van der Waals surface area contributed by atoms with Crippen molar-refractivity contribution in [1.29, 1.82) is 0 Å². The fraction of sp³-hybridized carbons (Fsp3) is 0.320. The number of rotatable bonds is 8. The van der Waals surface area contributed by atoms with Crippen LogP contribution in [0.3, 0.4) is 0 Å². The Kier molecular flexibility index (Phi) is 6.72. The second kappa shape index (κ2) is 9.86. The third-order valence-electron chi connectivity index (χ3n) is 5.74. The van der Waals surface area contributed by atoms with Gasteiger partial charge in [-0.3, -0.25) is 4.90 Å². The van der Waals surface area contributed by atoms with Gasteiger partial charge in [-0.15, -0.1) is 0 Å². The van der Waals surface area contributed by atoms with Crippen LogP contribution in [0.1, 0.15) is 38.3 Å². The Labute approximate surface area is 198 Å². The largest absolute Gasteiger partial charge is 0.494 e. The van der Waals surface area contributed by atoms with Gasteiger partial charge in [0.05, 0.1) is 32.4 Å². The number of aromatic nitrogens is 2. The van der Waals surface area contributed by atoms with Crippen LogP contribution < -0.4 is 19.5 Å². The Hall–Kier alpha value is -4.01. The number of carbonyl (C=O) groups excluding carboxylic acids is 1. The first-order valence-electron chi connectivity index (χ1n) is 11.1. The first-order valence-corrected chi connectivity index (χ1v) is 11.1. The van der Waals surface area contributed by atoms with Gasteiger partial charge in [-0.2, -0.15) is 4.98 Å². The summed E-state index contributed by atoms with van der Waals surface area (Å²) in [5.74, 6) is 2.68. The molecule has 3 aromatic rings. The zero-order valence-corrected chi connectivity index (χ0v) is 19.9. The van der Waals surface area contributed by atoms with Crippen molar-refractivity contribution in [2.75, 3.05) is 27.4 Å². The maximum absolute atomic E-state index is 12.8. The van der Waals surface area contributed by atoms with Crippen molar-refractivity contribution in [1.82, 2.24) is 20.4 Å². The summed E-state index contributed by atoms with van der Waals surface area (Å²) in [4.78, 5) is 19.1. The molecular formula is C25H28N4O5. The molecule has 0 saturated heterocycles. The molecular weight excluding hydrogens is 436 g/mol. The van der Waals surface area contributed by atoms with E-state index in [2.05, 4.69) is 15.5 Å². The van der Waals surface area contributed by atoms with E-state index in [1.165, 1.54) is 0 Å². The highest BCUT2D eigenvalue weighted by Crippen LogP contribution is 2.38. The number of carbonyl (C=O) groups is 1. The predicted molar refractivity (Wildman–Crippen MR) is 127 cm³/mol. The molecule has 0 saturated carbocycles. The van der Waals surface area contributed by atoms with Gasteiger partial charge in [0.25, 0.3) is 5.89 Å². The lowest BCUT2D eigenvalue weighted by molar-refractivity contribution is 0.207. The van der Waals surface area contributed by atoms with Gasteiger partial charge in [-0.05, 0) is 56.7 Å². The van der Waals surface area contributed by atoms with Crippen molar-refractivity contribution in [3.05, 3.63) is 59.6 Å². The van der Waals surface area contributed by atoms with E-state index in [1.807, 2.05) is 51.1 Å². The molecule has 1 N–H and O–H groups in total. The summed E-state index contributed by atoms with van der Waals surface area (Å²) in [5, 5.41) is 7.27. The first kappa shape index (κ1) is 23.2. The third-order valence-corrected chi connectivity index (χ3v) is 5.74. The summed E-state index contributed by atoms with van der Waals surface area (Å²) in [6, 6.07) is 12.4. The monoisotopic (exact) mass is 464 g/mol. The van der Waals surface area contributed by atoms with Gasteiger partial charge >= 0.3 is 6.03 Å². The Morgan fingerprint density at radius 3 is 2.44 bits per heavy atom. The normalized spacial score (nSPS) is 15.9. The van der Waals surface area contributed by atoms with Crippen molar-refractivity contribution in [2.24, 2.45) is 0 Å². The number of nitrogens with zero attached hydrogens (tertiary/aromatic N) is 3. The Balaban J connectivity index is 1.76. The third kappa shape index (κ3) is 4.28. The Morgan fingerprint density at radius 2 is 1.79 bits per heavy atom. The van der Waals surface area contributed by atoms with Crippen molar-refractivity contribution >= 4 is 11.6 Å². The number of hydrogen-bond acceptors (Lipinski definition) is 7. The summed E-state index contributed by atoms with van der Waals surface area (Å²) in [7, 11) is 3.15. The molecule has 1 atom stereocenters. The second-order valence-corrected chi connectivity index (χ2v) is 7.62. The van der Waals surface area contributed by atoms with E-state index >= 15 is 0 Å². The molecule has 4 rings (SSSR count). The highest BCUT2D eigenvalue weighted by atomic mass is 16.5. The van der Waals surface area contributed by atoms with Gasteiger partial charge in [-0.25, -0.2) is 4.79 Å². The van der Waals surface area contributed by atoms with Crippen LogP contribution in [-0.2, 0) is 0 Å². The maximum Gasteiger partial charge on any atom is 0.322 e. The molecule has 0 spiro atoms. The SMILES string of the molecule is CCOc1ccc(C2NC(=O)N(CC)C(C)=C2c2nc(-c3ccc(OC)c(OC)c3)no2)cc1. The molecule has 2 amide bonds. The molecule has 9 heteroatoms. The van der Waals surface area contributed by atoms with E-state index in [9.17, 15) is 4.79 Å². The lowest BCUT2D eigenvalue weighted by Crippen LogP contribution is -2.45. The topological polar surface area (TPSA) is 99.0 Å². The number of ether oxygens (including phenoxy) is 3. The standard InChI is InChI=1S/C25H28N4O5/c1-6-29-15(3)21(22(26-25(29)30)16-8-11-18(12-9-16)33-7-2)24-27-23(28-34-24)17-10-13-19(31-4)20(14-17)32-5/h8-14,22H,6-7H2,1-5H3,(H,26,30). The van der Waals surface area contributed by atoms with Crippen LogP contribution in [0, 0.1) is 0 Å². The minimum atomic E-state index is -0.454. The molecule has 1 aliphatic rings. The molecule has 178 valence electrons. The molecule has 1 aromatic heterocycles. The average Bonchev–Trinajstić information content (AvgIpc) is 3.34. The molecule has 2 aromatic carbocycles. The zero-order valence-electron chi connectivity index (χ0n) is 19.9. The summed E-state index contributed by atoms with van der Waals surface area (Å²) >= 11 is 0. The van der Waals surface area contributed by atoms with E-state index in [4.69, 9.17) is 18.7 Å². The fourth-order valence-electron chi connectivity index (χ4n) is 4.04. The number of amides is 2. The van der Waals surface area contributed by atoms with Crippen molar-refractivity contribution in [3.63, 3.8) is 0 Å². The number of hydrogen-bond donors (Lipinski definition) is 1. The van der Waals surface area contributed by atoms with E-state index in [1.54, 1.807) is 31.3 Å². The van der Waals surface area contributed by atoms with Gasteiger partial charge in [-0.1, -0.05) is 17.3 Å². The number of methoxy groups -OCH3 is 2. The summed E-state index contributed by atoms with van der Waals surface area (Å²) in [6.07, 6.45) is 0. The van der Waals surface area contributed by atoms with E-state index < -0.39 is 6.04 Å². The van der Waals surface area contributed by atoms with Crippen LogP contribution in [0.15, 0.2) is 52.7 Å². The van der Waals surface area contributed by atoms with Gasteiger partial charge in [0.2, 0.25) is 5.82 Å². The quantitative estimate of drug-likeness (QED) is 0.517. The summed E-state index contributed by atoms with van der Waals surface area (Å²) < 4.78 is 22.0. The molecule has 2 heterocycles. The smallest absolute Gasteiger partial charge is 0.322 e. The van der Waals surface area contributed by atoms with Gasteiger partial charge in [0, 0.05) is 17.8 Å². The van der Waals surface area contributed by atoms with Gasteiger partial charge < -0.3 is 24.1 Å². The number of allylic oxidation sites excluding steroid dienone is 1. The minimum Gasteiger partial charge on any atom is -0.494 e. The van der Waals surface area contributed by atoms with Crippen molar-refractivity contribution in [2.45, 2.75) is 26.8 Å². The molecule has 0 aliphatic carbocycles. The second-order valence-electron chi connectivity index (χ2n) is 7.62. The minimum absolute atomic E-state index is 0.178.